The molecule has 5 rings (SSSR count). The van der Waals surface area contributed by atoms with Crippen molar-refractivity contribution in [2.45, 2.75) is 32.7 Å². The van der Waals surface area contributed by atoms with E-state index in [0.717, 1.165) is 37.5 Å². The van der Waals surface area contributed by atoms with Crippen molar-refractivity contribution in [2.75, 3.05) is 38.1 Å². The summed E-state index contributed by atoms with van der Waals surface area (Å²) in [6.45, 7) is 9.52. The predicted octanol–water partition coefficient (Wildman–Crippen LogP) is 3.50. The van der Waals surface area contributed by atoms with Crippen molar-refractivity contribution in [3.8, 4) is 11.3 Å². The van der Waals surface area contributed by atoms with Gasteiger partial charge in [-0.15, -0.1) is 0 Å². The molecular formula is C26H30FN7O2. The fourth-order valence-corrected chi connectivity index (χ4v) is 4.14. The number of benzene rings is 1. The van der Waals surface area contributed by atoms with E-state index in [4.69, 9.17) is 9.40 Å². The molecule has 9 nitrogen and oxygen atoms in total. The number of nitrogens with zero attached hydrogens (tertiary/aromatic N) is 6. The van der Waals surface area contributed by atoms with E-state index >= 15 is 4.39 Å². The van der Waals surface area contributed by atoms with Crippen LogP contribution in [0.5, 0.6) is 0 Å². The summed E-state index contributed by atoms with van der Waals surface area (Å²) in [5.74, 6) is 0.446. The van der Waals surface area contributed by atoms with Gasteiger partial charge in [-0.25, -0.2) is 18.9 Å². The summed E-state index contributed by atoms with van der Waals surface area (Å²) >= 11 is 0. The Bertz CT molecular complexity index is 1400. The minimum atomic E-state index is -0.423. The number of oxazole rings is 1. The number of carbonyl (C=O) groups excluding carboxylic acids is 1. The van der Waals surface area contributed by atoms with Crippen molar-refractivity contribution in [1.29, 1.82) is 0 Å². The first-order valence-electron chi connectivity index (χ1n) is 12.0. The molecule has 10 heteroatoms. The van der Waals surface area contributed by atoms with E-state index in [-0.39, 0.29) is 17.7 Å². The molecule has 0 aliphatic carbocycles. The zero-order valence-electron chi connectivity index (χ0n) is 21.0. The van der Waals surface area contributed by atoms with E-state index < -0.39 is 11.7 Å². The molecule has 4 aromatic rings. The van der Waals surface area contributed by atoms with Crippen LogP contribution < -0.4 is 10.2 Å². The summed E-state index contributed by atoms with van der Waals surface area (Å²) in [4.78, 5) is 26.1. The number of anilines is 1. The highest BCUT2D eigenvalue weighted by molar-refractivity contribution is 5.91. The van der Waals surface area contributed by atoms with Crippen LogP contribution in [0.2, 0.25) is 0 Å². The fraction of sp³-hybridized carbons (Fsp3) is 0.385. The van der Waals surface area contributed by atoms with Gasteiger partial charge < -0.3 is 19.5 Å². The molecule has 0 saturated carbocycles. The van der Waals surface area contributed by atoms with Gasteiger partial charge in [-0.2, -0.15) is 5.10 Å². The molecule has 1 fully saturated rings. The van der Waals surface area contributed by atoms with E-state index in [1.54, 1.807) is 16.8 Å². The third-order valence-corrected chi connectivity index (χ3v) is 6.35. The third kappa shape index (κ3) is 4.81. The number of carbonyl (C=O) groups is 1. The maximum absolute atomic E-state index is 15.1. The smallest absolute Gasteiger partial charge is 0.273 e. The lowest BCUT2D eigenvalue weighted by Crippen LogP contribution is -2.44. The zero-order valence-corrected chi connectivity index (χ0v) is 21.0. The van der Waals surface area contributed by atoms with E-state index in [9.17, 15) is 4.79 Å². The topological polar surface area (TPSA) is 91.8 Å². The van der Waals surface area contributed by atoms with Crippen molar-refractivity contribution in [1.82, 2.24) is 29.8 Å². The van der Waals surface area contributed by atoms with Crippen LogP contribution in [0, 0.1) is 5.82 Å². The largest absolute Gasteiger partial charge is 0.448 e. The molecule has 3 aromatic heterocycles. The van der Waals surface area contributed by atoms with Crippen molar-refractivity contribution >= 4 is 17.2 Å². The second kappa shape index (κ2) is 9.34. The Morgan fingerprint density at radius 1 is 1.14 bits per heavy atom. The average Bonchev–Trinajstić information content (AvgIpc) is 3.53. The van der Waals surface area contributed by atoms with Crippen LogP contribution in [-0.2, 0) is 12.0 Å². The monoisotopic (exact) mass is 491 g/mol. The summed E-state index contributed by atoms with van der Waals surface area (Å²) in [5.41, 5.74) is 2.34. The minimum Gasteiger partial charge on any atom is -0.448 e. The molecule has 1 saturated heterocycles. The maximum atomic E-state index is 15.1. The van der Waals surface area contributed by atoms with Gasteiger partial charge in [0.1, 0.15) is 17.9 Å². The van der Waals surface area contributed by atoms with Gasteiger partial charge in [-0.3, -0.25) is 4.79 Å². The van der Waals surface area contributed by atoms with Crippen molar-refractivity contribution in [2.24, 2.45) is 0 Å². The molecule has 1 amide bonds. The second-order valence-corrected chi connectivity index (χ2v) is 10.2. The Morgan fingerprint density at radius 3 is 2.61 bits per heavy atom. The normalized spacial score (nSPS) is 15.0. The second-order valence-electron chi connectivity index (χ2n) is 10.2. The van der Waals surface area contributed by atoms with Gasteiger partial charge in [0.25, 0.3) is 5.91 Å². The predicted molar refractivity (Wildman–Crippen MR) is 134 cm³/mol. The number of hydrogen-bond donors (Lipinski definition) is 1. The third-order valence-electron chi connectivity index (χ3n) is 6.35. The number of aromatic nitrogens is 4. The average molecular weight is 492 g/mol. The molecule has 1 aliphatic heterocycles. The molecule has 0 spiro atoms. The Morgan fingerprint density at radius 2 is 1.92 bits per heavy atom. The number of halogens is 1. The number of rotatable bonds is 5. The van der Waals surface area contributed by atoms with E-state index in [2.05, 4.69) is 32.2 Å². The zero-order chi connectivity index (χ0) is 25.4. The molecule has 188 valence electrons. The van der Waals surface area contributed by atoms with E-state index in [0.29, 0.717) is 22.7 Å². The van der Waals surface area contributed by atoms with Gasteiger partial charge in [0.15, 0.2) is 11.6 Å². The lowest BCUT2D eigenvalue weighted by molar-refractivity contribution is 0.0945. The molecule has 0 unspecified atom stereocenters. The molecule has 0 atom stereocenters. The summed E-state index contributed by atoms with van der Waals surface area (Å²) in [7, 11) is 2.11. The van der Waals surface area contributed by atoms with Gasteiger partial charge in [0.05, 0.1) is 23.6 Å². The quantitative estimate of drug-likeness (QED) is 0.457. The summed E-state index contributed by atoms with van der Waals surface area (Å²) in [5, 5.41) is 7.11. The summed E-state index contributed by atoms with van der Waals surface area (Å²) in [6.07, 6.45) is 4.95. The minimum absolute atomic E-state index is 0.0273. The number of fused-ring (bicyclic) bond motifs is 1. The molecular weight excluding hydrogens is 461 g/mol. The highest BCUT2D eigenvalue weighted by Gasteiger charge is 2.23. The number of hydrogen-bond acceptors (Lipinski definition) is 7. The Kier molecular flexibility index (Phi) is 6.21. The molecule has 4 heterocycles. The van der Waals surface area contributed by atoms with E-state index in [1.807, 2.05) is 39.1 Å². The first-order chi connectivity index (χ1) is 17.2. The SMILES string of the molecule is CN1CCN(c2cn3nccc3c(-c3ccc(CNC(=O)c4coc(C(C)(C)C)n4)c(F)c3)n2)CC1. The van der Waals surface area contributed by atoms with Gasteiger partial charge >= 0.3 is 0 Å². The molecule has 1 aromatic carbocycles. The molecule has 0 radical (unpaired) electrons. The molecule has 1 N–H and O–H groups in total. The standard InChI is InChI=1S/C26H30FN7O2/c1-26(2,3)25-30-20(16-36-25)24(35)28-14-18-6-5-17(13-19(18)27)23-21-7-8-29-34(21)15-22(31-23)33-11-9-32(4)10-12-33/h5-8,13,15-16H,9-12,14H2,1-4H3,(H,28,35). The van der Waals surface area contributed by atoms with Crippen LogP contribution >= 0.6 is 0 Å². The van der Waals surface area contributed by atoms with Crippen LogP contribution in [-0.4, -0.2) is 63.6 Å². The lowest BCUT2D eigenvalue weighted by atomic mass is 9.97. The first kappa shape index (κ1) is 23.9. The number of amides is 1. The van der Waals surface area contributed by atoms with Crippen LogP contribution in [0.25, 0.3) is 16.8 Å². The number of nitrogens with one attached hydrogen (secondary N) is 1. The number of likely N-dealkylation sites (N-methyl/N-ethyl adjacent to an activating group) is 1. The van der Waals surface area contributed by atoms with Gasteiger partial charge in [0.2, 0.25) is 0 Å². The Hall–Kier alpha value is -3.79. The van der Waals surface area contributed by atoms with Gasteiger partial charge in [-0.05, 0) is 19.2 Å². The van der Waals surface area contributed by atoms with Crippen molar-refractivity contribution in [3.05, 3.63) is 65.9 Å². The molecule has 36 heavy (non-hydrogen) atoms. The van der Waals surface area contributed by atoms with Crippen molar-refractivity contribution in [3.63, 3.8) is 0 Å². The van der Waals surface area contributed by atoms with Crippen LogP contribution in [0.1, 0.15) is 42.7 Å². The fourth-order valence-electron chi connectivity index (χ4n) is 4.14. The first-order valence-corrected chi connectivity index (χ1v) is 12.0. The van der Waals surface area contributed by atoms with Crippen LogP contribution in [0.15, 0.2) is 47.3 Å². The lowest BCUT2D eigenvalue weighted by Gasteiger charge is -2.33. The van der Waals surface area contributed by atoms with E-state index in [1.165, 1.54) is 12.3 Å². The molecule has 0 bridgehead atoms. The van der Waals surface area contributed by atoms with Gasteiger partial charge in [-0.1, -0.05) is 32.9 Å². The van der Waals surface area contributed by atoms with Crippen LogP contribution in [0.3, 0.4) is 0 Å². The van der Waals surface area contributed by atoms with Crippen LogP contribution in [0.4, 0.5) is 10.2 Å². The Balaban J connectivity index is 1.35. The number of piperazine rings is 1. The molecule has 1 aliphatic rings. The summed E-state index contributed by atoms with van der Waals surface area (Å²) < 4.78 is 22.3. The highest BCUT2D eigenvalue weighted by atomic mass is 19.1. The maximum Gasteiger partial charge on any atom is 0.273 e. The highest BCUT2D eigenvalue weighted by Crippen LogP contribution is 2.28. The van der Waals surface area contributed by atoms with Gasteiger partial charge in [0, 0.05) is 49.3 Å². The summed E-state index contributed by atoms with van der Waals surface area (Å²) in [6, 6.07) is 6.82. The Labute approximate surface area is 208 Å². The van der Waals surface area contributed by atoms with Crippen molar-refractivity contribution < 1.29 is 13.6 Å².